The Bertz CT molecular complexity index is 1010. The molecule has 2 fully saturated rings. The van der Waals surface area contributed by atoms with Crippen LogP contribution in [0.4, 0.5) is 23.7 Å². The molecule has 2 heterocycles. The predicted octanol–water partition coefficient (Wildman–Crippen LogP) is 4.71. The quantitative estimate of drug-likeness (QED) is 0.755. The molecule has 30 heavy (non-hydrogen) atoms. The number of amides is 2. The Hall–Kier alpha value is -2.55. The van der Waals surface area contributed by atoms with Crippen molar-refractivity contribution < 1.29 is 26.4 Å². The minimum absolute atomic E-state index is 0.207. The standard InChI is InChI=1S/C21H21F3N2O3S/c22-21(23,24)14-6-8-15(9-7-14)25-20(27)26-16-10-11-17(26)13-19(12-16)30(28,29)18-4-2-1-3-5-18/h1-9,16-17,19H,10-13H2,(H,25,27)/t16-,17?,19-/m1/s1. The first kappa shape index (κ1) is 20.7. The van der Waals surface area contributed by atoms with Crippen LogP contribution in [0.3, 0.4) is 0 Å². The van der Waals surface area contributed by atoms with Crippen LogP contribution in [0.2, 0.25) is 0 Å². The normalized spacial score (nSPS) is 24.0. The Labute approximate surface area is 172 Å². The van der Waals surface area contributed by atoms with E-state index >= 15 is 0 Å². The zero-order chi connectivity index (χ0) is 21.5. The number of halogens is 3. The van der Waals surface area contributed by atoms with Crippen LogP contribution in [0.5, 0.6) is 0 Å². The fourth-order valence-corrected chi connectivity index (χ4v) is 6.32. The summed E-state index contributed by atoms with van der Waals surface area (Å²) >= 11 is 0. The van der Waals surface area contributed by atoms with Gasteiger partial charge in [-0.25, -0.2) is 13.2 Å². The lowest BCUT2D eigenvalue weighted by molar-refractivity contribution is -0.137. The number of fused-ring (bicyclic) bond motifs is 2. The van der Waals surface area contributed by atoms with Gasteiger partial charge in [-0.3, -0.25) is 0 Å². The van der Waals surface area contributed by atoms with E-state index < -0.39 is 32.9 Å². The van der Waals surface area contributed by atoms with E-state index in [2.05, 4.69) is 5.32 Å². The summed E-state index contributed by atoms with van der Waals surface area (Å²) in [6.07, 6.45) is -2.30. The Morgan fingerprint density at radius 2 is 1.50 bits per heavy atom. The van der Waals surface area contributed by atoms with E-state index in [0.29, 0.717) is 25.7 Å². The molecule has 1 N–H and O–H groups in total. The first-order valence-corrected chi connectivity index (χ1v) is 11.3. The summed E-state index contributed by atoms with van der Waals surface area (Å²) in [6, 6.07) is 11.8. The van der Waals surface area contributed by atoms with E-state index in [1.165, 1.54) is 12.1 Å². The zero-order valence-corrected chi connectivity index (χ0v) is 16.8. The molecule has 160 valence electrons. The van der Waals surface area contributed by atoms with E-state index in [1.807, 2.05) is 0 Å². The Morgan fingerprint density at radius 3 is 2.03 bits per heavy atom. The summed E-state index contributed by atoms with van der Waals surface area (Å²) in [6.45, 7) is 0. The second-order valence-corrected chi connectivity index (χ2v) is 9.98. The highest BCUT2D eigenvalue weighted by atomic mass is 32.2. The first-order valence-electron chi connectivity index (χ1n) is 9.72. The van der Waals surface area contributed by atoms with Gasteiger partial charge in [0.15, 0.2) is 9.84 Å². The number of hydrogen-bond donors (Lipinski definition) is 1. The molecular weight excluding hydrogens is 417 g/mol. The molecule has 2 bridgehead atoms. The number of urea groups is 1. The van der Waals surface area contributed by atoms with Gasteiger partial charge in [-0.15, -0.1) is 0 Å². The van der Waals surface area contributed by atoms with Crippen LogP contribution in [0, 0.1) is 0 Å². The lowest BCUT2D eigenvalue weighted by atomic mass is 10.0. The van der Waals surface area contributed by atoms with E-state index in [-0.39, 0.29) is 22.7 Å². The predicted molar refractivity (Wildman–Crippen MR) is 106 cm³/mol. The average molecular weight is 438 g/mol. The van der Waals surface area contributed by atoms with Crippen molar-refractivity contribution >= 4 is 21.6 Å². The highest BCUT2D eigenvalue weighted by Crippen LogP contribution is 2.40. The third-order valence-corrected chi connectivity index (χ3v) is 8.09. The van der Waals surface area contributed by atoms with Crippen molar-refractivity contribution in [1.29, 1.82) is 0 Å². The molecule has 0 aromatic heterocycles. The van der Waals surface area contributed by atoms with Crippen molar-refractivity contribution in [2.75, 3.05) is 5.32 Å². The second kappa shape index (κ2) is 7.61. The maximum atomic E-state index is 13.0. The lowest BCUT2D eigenvalue weighted by Gasteiger charge is -2.38. The Morgan fingerprint density at radius 1 is 0.933 bits per heavy atom. The summed E-state index contributed by atoms with van der Waals surface area (Å²) in [7, 11) is -3.48. The number of piperidine rings is 1. The molecule has 0 aliphatic carbocycles. The maximum Gasteiger partial charge on any atom is 0.416 e. The number of nitrogens with one attached hydrogen (secondary N) is 1. The van der Waals surface area contributed by atoms with Gasteiger partial charge in [-0.2, -0.15) is 13.2 Å². The molecule has 9 heteroatoms. The molecule has 4 rings (SSSR count). The summed E-state index contributed by atoms with van der Waals surface area (Å²) in [5.74, 6) is 0. The second-order valence-electron chi connectivity index (χ2n) is 7.75. The van der Waals surface area contributed by atoms with E-state index in [0.717, 1.165) is 12.1 Å². The highest BCUT2D eigenvalue weighted by Gasteiger charge is 2.47. The number of benzene rings is 2. The van der Waals surface area contributed by atoms with Crippen molar-refractivity contribution in [1.82, 2.24) is 4.90 Å². The van der Waals surface area contributed by atoms with Gasteiger partial charge in [0.25, 0.3) is 0 Å². The number of rotatable bonds is 3. The van der Waals surface area contributed by atoms with Gasteiger partial charge in [0, 0.05) is 17.8 Å². The van der Waals surface area contributed by atoms with E-state index in [4.69, 9.17) is 0 Å². The first-order chi connectivity index (χ1) is 14.2. The average Bonchev–Trinajstić information content (AvgIpc) is 2.98. The molecule has 2 aromatic carbocycles. The zero-order valence-electron chi connectivity index (χ0n) is 16.0. The molecule has 2 amide bonds. The minimum atomic E-state index is -4.44. The molecular formula is C21H21F3N2O3S. The van der Waals surface area contributed by atoms with Gasteiger partial charge in [0.2, 0.25) is 0 Å². The van der Waals surface area contributed by atoms with Crippen LogP contribution in [-0.4, -0.2) is 36.7 Å². The number of sulfone groups is 1. The number of carbonyl (C=O) groups is 1. The number of anilines is 1. The maximum absolute atomic E-state index is 13.0. The van der Waals surface area contributed by atoms with Crippen LogP contribution >= 0.6 is 0 Å². The van der Waals surface area contributed by atoms with Gasteiger partial charge in [-0.1, -0.05) is 18.2 Å². The number of alkyl halides is 3. The van der Waals surface area contributed by atoms with E-state index in [1.54, 1.807) is 35.2 Å². The fraction of sp³-hybridized carbons (Fsp3) is 0.381. The highest BCUT2D eigenvalue weighted by molar-refractivity contribution is 7.92. The van der Waals surface area contributed by atoms with Crippen LogP contribution in [0.15, 0.2) is 59.5 Å². The van der Waals surface area contributed by atoms with Gasteiger partial charge in [-0.05, 0) is 62.1 Å². The van der Waals surface area contributed by atoms with Crippen molar-refractivity contribution in [2.24, 2.45) is 0 Å². The molecule has 2 aliphatic heterocycles. The van der Waals surface area contributed by atoms with Crippen LogP contribution in [-0.2, 0) is 16.0 Å². The van der Waals surface area contributed by atoms with Gasteiger partial charge < -0.3 is 10.2 Å². The lowest BCUT2D eigenvalue weighted by Crippen LogP contribution is -2.51. The monoisotopic (exact) mass is 438 g/mol. The molecule has 0 radical (unpaired) electrons. The Kier molecular flexibility index (Phi) is 5.25. The van der Waals surface area contributed by atoms with Crippen molar-refractivity contribution in [3.8, 4) is 0 Å². The van der Waals surface area contributed by atoms with Crippen LogP contribution in [0.25, 0.3) is 0 Å². The van der Waals surface area contributed by atoms with Crippen molar-refractivity contribution in [2.45, 2.75) is 54.1 Å². The molecule has 2 aliphatic rings. The van der Waals surface area contributed by atoms with Gasteiger partial charge in [0.05, 0.1) is 15.7 Å². The van der Waals surface area contributed by atoms with Crippen LogP contribution < -0.4 is 5.32 Å². The number of nitrogens with zero attached hydrogens (tertiary/aromatic N) is 1. The summed E-state index contributed by atoms with van der Waals surface area (Å²) < 4.78 is 64.0. The summed E-state index contributed by atoms with van der Waals surface area (Å²) in [4.78, 5) is 14.7. The largest absolute Gasteiger partial charge is 0.416 e. The smallest absolute Gasteiger partial charge is 0.318 e. The number of carbonyl (C=O) groups excluding carboxylic acids is 1. The summed E-state index contributed by atoms with van der Waals surface area (Å²) in [5, 5.41) is 2.10. The van der Waals surface area contributed by atoms with Crippen molar-refractivity contribution in [3.05, 3.63) is 60.2 Å². The molecule has 0 spiro atoms. The molecule has 0 saturated carbocycles. The summed E-state index contributed by atoms with van der Waals surface area (Å²) in [5.41, 5.74) is -0.515. The van der Waals surface area contributed by atoms with Gasteiger partial charge >= 0.3 is 12.2 Å². The number of hydrogen-bond acceptors (Lipinski definition) is 3. The third kappa shape index (κ3) is 3.90. The molecule has 2 saturated heterocycles. The van der Waals surface area contributed by atoms with E-state index in [9.17, 15) is 26.4 Å². The minimum Gasteiger partial charge on any atom is -0.318 e. The third-order valence-electron chi connectivity index (χ3n) is 5.90. The topological polar surface area (TPSA) is 66.5 Å². The fourth-order valence-electron chi connectivity index (χ4n) is 4.45. The van der Waals surface area contributed by atoms with Crippen LogP contribution in [0.1, 0.15) is 31.2 Å². The SMILES string of the molecule is O=C(Nc1ccc(C(F)(F)F)cc1)N1C2CC[C@@H]1C[C@@H](S(=O)(=O)c1ccccc1)C2. The molecule has 1 unspecified atom stereocenters. The van der Waals surface area contributed by atoms with Crippen molar-refractivity contribution in [3.63, 3.8) is 0 Å². The van der Waals surface area contributed by atoms with Gasteiger partial charge in [0.1, 0.15) is 0 Å². The Balaban J connectivity index is 1.46. The molecule has 2 aromatic rings. The molecule has 3 atom stereocenters. The molecule has 5 nitrogen and oxygen atoms in total.